The molecular weight excluding hydrogens is 504 g/mol. The van der Waals surface area contributed by atoms with Gasteiger partial charge in [-0.2, -0.15) is 0 Å². The Balaban J connectivity index is 0.000000826. The monoisotopic (exact) mass is 540 g/mol. The molecule has 2 fully saturated rings. The van der Waals surface area contributed by atoms with Crippen molar-refractivity contribution in [3.8, 4) is 17.2 Å². The molecule has 2 aromatic carbocycles. The van der Waals surface area contributed by atoms with Crippen LogP contribution in [0.15, 0.2) is 36.4 Å². The van der Waals surface area contributed by atoms with Gasteiger partial charge in [-0.1, -0.05) is 18.2 Å². The van der Waals surface area contributed by atoms with Crippen LogP contribution in [0, 0.1) is 5.92 Å². The molecule has 5 rings (SSSR count). The summed E-state index contributed by atoms with van der Waals surface area (Å²) in [4.78, 5) is 36.0. The van der Waals surface area contributed by atoms with Crippen molar-refractivity contribution in [1.29, 1.82) is 0 Å². The second-order valence-corrected chi connectivity index (χ2v) is 10.1. The van der Waals surface area contributed by atoms with Crippen LogP contribution < -0.4 is 14.2 Å². The van der Waals surface area contributed by atoms with Crippen LogP contribution in [-0.2, 0) is 22.6 Å². The van der Waals surface area contributed by atoms with E-state index in [4.69, 9.17) is 29.2 Å². The lowest BCUT2D eigenvalue weighted by atomic mass is 10.0. The Bertz CT molecular complexity index is 1180. The van der Waals surface area contributed by atoms with Crippen LogP contribution in [0.4, 0.5) is 4.79 Å². The number of ether oxygens (including phenoxy) is 3. The highest BCUT2D eigenvalue weighted by atomic mass is 16.6. The smallest absolute Gasteiger partial charge is 0.493 e. The molecule has 210 valence electrons. The van der Waals surface area contributed by atoms with Crippen LogP contribution in [-0.4, -0.2) is 71.4 Å². The van der Waals surface area contributed by atoms with Gasteiger partial charge in [0.15, 0.2) is 11.5 Å². The Morgan fingerprint density at radius 1 is 1.08 bits per heavy atom. The van der Waals surface area contributed by atoms with Gasteiger partial charge in [-0.15, -0.1) is 0 Å². The minimum absolute atomic E-state index is 0.123. The van der Waals surface area contributed by atoms with E-state index < -0.39 is 6.16 Å². The van der Waals surface area contributed by atoms with E-state index in [2.05, 4.69) is 36.1 Å². The summed E-state index contributed by atoms with van der Waals surface area (Å²) in [6.45, 7) is 5.47. The third kappa shape index (κ3) is 7.63. The topological polar surface area (TPSA) is 126 Å². The molecule has 2 amide bonds. The lowest BCUT2D eigenvalue weighted by Gasteiger charge is -2.30. The molecule has 3 aliphatic rings. The first-order valence-corrected chi connectivity index (χ1v) is 13.3. The molecule has 2 aromatic rings. The van der Waals surface area contributed by atoms with E-state index in [1.165, 1.54) is 28.9 Å². The lowest BCUT2D eigenvalue weighted by Crippen LogP contribution is -2.33. The van der Waals surface area contributed by atoms with Crippen LogP contribution in [0.5, 0.6) is 17.2 Å². The second kappa shape index (κ2) is 12.8. The number of benzene rings is 2. The zero-order valence-corrected chi connectivity index (χ0v) is 22.4. The average Bonchev–Trinajstić information content (AvgIpc) is 3.51. The third-order valence-corrected chi connectivity index (χ3v) is 7.27. The fraction of sp³-hybridized carbons (Fsp3) is 0.483. The first-order chi connectivity index (χ1) is 18.7. The number of carboxylic acid groups (broad SMARTS) is 2. The summed E-state index contributed by atoms with van der Waals surface area (Å²) in [6.07, 6.45) is 2.35. The highest BCUT2D eigenvalue weighted by Gasteiger charge is 2.29. The van der Waals surface area contributed by atoms with Crippen molar-refractivity contribution in [1.82, 2.24) is 9.80 Å². The van der Waals surface area contributed by atoms with Gasteiger partial charge in [-0.25, -0.2) is 4.79 Å². The summed E-state index contributed by atoms with van der Waals surface area (Å²) >= 11 is 0. The highest BCUT2D eigenvalue weighted by Crippen LogP contribution is 2.36. The number of methoxy groups -OCH3 is 1. The largest absolute Gasteiger partial charge is 0.503 e. The molecule has 0 bridgehead atoms. The van der Waals surface area contributed by atoms with E-state index in [1.807, 2.05) is 12.1 Å². The van der Waals surface area contributed by atoms with Gasteiger partial charge in [-0.3, -0.25) is 19.4 Å². The molecular formula is C29H36N2O8. The molecule has 10 nitrogen and oxygen atoms in total. The quantitative estimate of drug-likeness (QED) is 0.400. The molecule has 0 spiro atoms. The van der Waals surface area contributed by atoms with E-state index >= 15 is 0 Å². The summed E-state index contributed by atoms with van der Waals surface area (Å²) in [5.74, 6) is 2.83. The first-order valence-electron chi connectivity index (χ1n) is 13.3. The summed E-state index contributed by atoms with van der Waals surface area (Å²) in [7, 11) is 1.64. The molecule has 1 saturated carbocycles. The van der Waals surface area contributed by atoms with Crippen LogP contribution >= 0.6 is 0 Å². The van der Waals surface area contributed by atoms with Gasteiger partial charge >= 0.3 is 6.16 Å². The van der Waals surface area contributed by atoms with Gasteiger partial charge in [0.05, 0.1) is 20.3 Å². The van der Waals surface area contributed by atoms with Gasteiger partial charge in [-0.05, 0) is 60.6 Å². The summed E-state index contributed by atoms with van der Waals surface area (Å²) < 4.78 is 17.2. The Morgan fingerprint density at radius 2 is 1.79 bits per heavy atom. The van der Waals surface area contributed by atoms with Crippen LogP contribution in [0.2, 0.25) is 0 Å². The molecule has 1 aliphatic carbocycles. The van der Waals surface area contributed by atoms with Crippen LogP contribution in [0.1, 0.15) is 55.3 Å². The van der Waals surface area contributed by atoms with E-state index in [9.17, 15) is 9.59 Å². The van der Waals surface area contributed by atoms with Crippen molar-refractivity contribution >= 4 is 18.0 Å². The Hall–Kier alpha value is -3.79. The Morgan fingerprint density at radius 3 is 2.46 bits per heavy atom. The van der Waals surface area contributed by atoms with Crippen molar-refractivity contribution in [3.05, 3.63) is 53.1 Å². The number of amides is 2. The molecule has 10 heteroatoms. The molecule has 2 heterocycles. The van der Waals surface area contributed by atoms with E-state index in [1.54, 1.807) is 7.11 Å². The minimum atomic E-state index is -1.83. The van der Waals surface area contributed by atoms with Gasteiger partial charge in [0.1, 0.15) is 12.4 Å². The number of hydrogen-bond acceptors (Lipinski definition) is 7. The summed E-state index contributed by atoms with van der Waals surface area (Å²) in [5.41, 5.74) is 3.80. The number of imide groups is 1. The maximum atomic E-state index is 11.8. The number of carbonyl (C=O) groups is 3. The second-order valence-electron chi connectivity index (χ2n) is 10.1. The molecule has 0 unspecified atom stereocenters. The molecule has 1 atom stereocenters. The molecule has 2 aliphatic heterocycles. The minimum Gasteiger partial charge on any atom is -0.493 e. The summed E-state index contributed by atoms with van der Waals surface area (Å²) in [5, 5.41) is 13.9. The van der Waals surface area contributed by atoms with Crippen molar-refractivity contribution < 1.29 is 38.8 Å². The predicted octanol–water partition coefficient (Wildman–Crippen LogP) is 4.35. The normalized spacial score (nSPS) is 16.8. The zero-order chi connectivity index (χ0) is 27.9. The number of carbonyl (C=O) groups excluding carboxylic acids is 2. The van der Waals surface area contributed by atoms with Crippen molar-refractivity contribution in [2.45, 2.75) is 51.6 Å². The van der Waals surface area contributed by atoms with E-state index in [0.29, 0.717) is 30.4 Å². The number of fused-ring (bicyclic) bond motifs is 1. The highest BCUT2D eigenvalue weighted by molar-refractivity contribution is 6.01. The lowest BCUT2D eigenvalue weighted by molar-refractivity contribution is -0.138. The number of hydrogen-bond donors (Lipinski definition) is 2. The maximum absolute atomic E-state index is 11.8. The fourth-order valence-corrected chi connectivity index (χ4v) is 4.95. The van der Waals surface area contributed by atoms with Crippen molar-refractivity contribution in [3.63, 3.8) is 0 Å². The standard InChI is InChI=1S/C28H34N2O5.CH2O3/c1-19(22-6-8-24-23(16-22)11-13-34-24)29(17-20-3-4-20)18-21-5-7-25(26(15-21)33-2)35-14-12-30-27(31)9-10-28(30)32;2-1(3)4/h5-8,15-16,19-20H,3-4,9-14,17-18H2,1-2H3;(H2,2,3,4)/t19-;/m0./s1. The van der Waals surface area contributed by atoms with Crippen molar-refractivity contribution in [2.24, 2.45) is 5.92 Å². The number of likely N-dealkylation sites (tertiary alicyclic amines) is 1. The SMILES string of the molecule is COc1cc(CN(CC2CC2)[C@@H](C)c2ccc3c(c2)CCO3)ccc1OCCN1C(=O)CCC1=O.O=C(O)O. The molecule has 0 radical (unpaired) electrons. The third-order valence-electron chi connectivity index (χ3n) is 7.27. The summed E-state index contributed by atoms with van der Waals surface area (Å²) in [6, 6.07) is 12.9. The van der Waals surface area contributed by atoms with Gasteiger partial charge in [0.2, 0.25) is 11.8 Å². The van der Waals surface area contributed by atoms with Crippen molar-refractivity contribution in [2.75, 3.05) is 33.4 Å². The van der Waals surface area contributed by atoms with Gasteiger partial charge < -0.3 is 24.4 Å². The van der Waals surface area contributed by atoms with E-state index in [-0.39, 0.29) is 25.0 Å². The Kier molecular flexibility index (Phi) is 9.29. The fourth-order valence-electron chi connectivity index (χ4n) is 4.95. The maximum Gasteiger partial charge on any atom is 0.503 e. The molecule has 1 saturated heterocycles. The van der Waals surface area contributed by atoms with E-state index in [0.717, 1.165) is 43.3 Å². The van der Waals surface area contributed by atoms with Crippen LogP contribution in [0.25, 0.3) is 0 Å². The predicted molar refractivity (Wildman–Crippen MR) is 142 cm³/mol. The molecule has 39 heavy (non-hydrogen) atoms. The number of rotatable bonds is 11. The van der Waals surface area contributed by atoms with Gasteiger partial charge in [0.25, 0.3) is 0 Å². The van der Waals surface area contributed by atoms with Gasteiger partial charge in [0, 0.05) is 38.4 Å². The Labute approximate surface area is 228 Å². The number of nitrogens with zero attached hydrogens (tertiary/aromatic N) is 2. The zero-order valence-electron chi connectivity index (χ0n) is 22.4. The first kappa shape index (κ1) is 28.2. The molecule has 2 N–H and O–H groups in total. The molecule has 0 aromatic heterocycles. The average molecular weight is 541 g/mol. The van der Waals surface area contributed by atoms with Crippen LogP contribution in [0.3, 0.4) is 0 Å².